The van der Waals surface area contributed by atoms with Gasteiger partial charge in [0.2, 0.25) is 0 Å². The molecule has 0 amide bonds. The van der Waals surface area contributed by atoms with Crippen molar-refractivity contribution in [2.24, 2.45) is 5.73 Å². The molecular weight excluding hydrogens is 184 g/mol. The van der Waals surface area contributed by atoms with Crippen molar-refractivity contribution in [2.45, 2.75) is 19.5 Å². The molecule has 0 saturated heterocycles. The van der Waals surface area contributed by atoms with E-state index in [1.807, 2.05) is 0 Å². The molecule has 1 aromatic heterocycles. The van der Waals surface area contributed by atoms with E-state index >= 15 is 0 Å². The number of terminal acetylenes is 1. The van der Waals surface area contributed by atoms with Gasteiger partial charge in [-0.2, -0.15) is 0 Å². The largest absolute Gasteiger partial charge is 0.347 e. The molecular formula is C13H14N2. The summed E-state index contributed by atoms with van der Waals surface area (Å²) in [4.78, 5) is 0. The Labute approximate surface area is 89.7 Å². The highest BCUT2D eigenvalue weighted by Gasteiger charge is 2.00. The average Bonchev–Trinajstić information content (AvgIpc) is 2.68. The topological polar surface area (TPSA) is 30.9 Å². The molecule has 1 heterocycles. The first-order chi connectivity index (χ1) is 7.35. The molecule has 0 aliphatic rings. The lowest BCUT2D eigenvalue weighted by Crippen LogP contribution is -1.97. The van der Waals surface area contributed by atoms with Crippen LogP contribution in [0.2, 0.25) is 0 Å². The summed E-state index contributed by atoms with van der Waals surface area (Å²) < 4.78 is 2.18. The van der Waals surface area contributed by atoms with E-state index in [0.717, 1.165) is 18.5 Å². The Morgan fingerprint density at radius 1 is 1.33 bits per heavy atom. The highest BCUT2D eigenvalue weighted by Crippen LogP contribution is 2.17. The predicted octanol–water partition coefficient (Wildman–Crippen LogP) is 2.12. The van der Waals surface area contributed by atoms with Gasteiger partial charge >= 0.3 is 0 Å². The predicted molar refractivity (Wildman–Crippen MR) is 63.3 cm³/mol. The van der Waals surface area contributed by atoms with Crippen molar-refractivity contribution in [3.63, 3.8) is 0 Å². The van der Waals surface area contributed by atoms with E-state index in [1.54, 1.807) is 0 Å². The normalized spacial score (nSPS) is 10.4. The van der Waals surface area contributed by atoms with Crippen molar-refractivity contribution in [3.05, 3.63) is 36.0 Å². The van der Waals surface area contributed by atoms with Crippen LogP contribution < -0.4 is 5.73 Å². The third-order valence-electron chi connectivity index (χ3n) is 2.57. The van der Waals surface area contributed by atoms with Gasteiger partial charge in [-0.25, -0.2) is 0 Å². The van der Waals surface area contributed by atoms with Gasteiger partial charge in [-0.3, -0.25) is 0 Å². The lowest BCUT2D eigenvalue weighted by Gasteiger charge is -2.03. The Morgan fingerprint density at radius 3 is 2.93 bits per heavy atom. The van der Waals surface area contributed by atoms with Crippen molar-refractivity contribution in [1.82, 2.24) is 4.57 Å². The van der Waals surface area contributed by atoms with Gasteiger partial charge in [-0.1, -0.05) is 6.07 Å². The molecule has 2 rings (SSSR count). The second-order valence-corrected chi connectivity index (χ2v) is 3.56. The van der Waals surface area contributed by atoms with Crippen molar-refractivity contribution < 1.29 is 0 Å². The highest BCUT2D eigenvalue weighted by atomic mass is 14.9. The number of benzene rings is 1. The first-order valence-corrected chi connectivity index (χ1v) is 5.06. The van der Waals surface area contributed by atoms with Gasteiger partial charge in [0.05, 0.1) is 0 Å². The zero-order chi connectivity index (χ0) is 10.7. The number of rotatable bonds is 3. The summed E-state index contributed by atoms with van der Waals surface area (Å²) in [5.41, 5.74) is 7.98. The maximum atomic E-state index is 5.59. The molecule has 0 atom stereocenters. The minimum absolute atomic E-state index is 0.589. The van der Waals surface area contributed by atoms with Gasteiger partial charge in [0.1, 0.15) is 0 Å². The van der Waals surface area contributed by atoms with E-state index < -0.39 is 0 Å². The Kier molecular flexibility index (Phi) is 2.75. The second kappa shape index (κ2) is 4.20. The Morgan fingerprint density at radius 2 is 2.20 bits per heavy atom. The molecule has 0 fully saturated rings. The molecule has 2 N–H and O–H groups in total. The molecule has 1 aromatic carbocycles. The minimum atomic E-state index is 0.589. The number of aryl methyl sites for hydroxylation is 1. The number of nitrogens with two attached hydrogens (primary N) is 1. The van der Waals surface area contributed by atoms with E-state index in [0.29, 0.717) is 6.54 Å². The average molecular weight is 198 g/mol. The number of nitrogens with zero attached hydrogens (tertiary/aromatic N) is 1. The maximum Gasteiger partial charge on any atom is 0.0480 e. The summed E-state index contributed by atoms with van der Waals surface area (Å²) in [5, 5.41) is 1.23. The smallest absolute Gasteiger partial charge is 0.0480 e. The standard InChI is InChI=1S/C13H14N2/c1-2-3-7-15-8-6-12-9-11(10-14)4-5-13(12)15/h1,4-6,8-9H,3,7,10,14H2. The SMILES string of the molecule is C#CCCn1ccc2cc(CN)ccc21. The number of fused-ring (bicyclic) bond motifs is 1. The summed E-state index contributed by atoms with van der Waals surface area (Å²) in [6.07, 6.45) is 8.09. The quantitative estimate of drug-likeness (QED) is 0.752. The Hall–Kier alpha value is -1.72. The molecule has 76 valence electrons. The van der Waals surface area contributed by atoms with Crippen LogP contribution in [-0.2, 0) is 13.1 Å². The molecule has 0 aliphatic carbocycles. The summed E-state index contributed by atoms with van der Waals surface area (Å²) in [6.45, 7) is 1.47. The first kappa shape index (κ1) is 9.82. The number of hydrogen-bond acceptors (Lipinski definition) is 1. The van der Waals surface area contributed by atoms with Crippen molar-refractivity contribution in [3.8, 4) is 12.3 Å². The molecule has 0 unspecified atom stereocenters. The fourth-order valence-electron chi connectivity index (χ4n) is 1.76. The zero-order valence-electron chi connectivity index (χ0n) is 8.61. The van der Waals surface area contributed by atoms with Crippen LogP contribution in [0.4, 0.5) is 0 Å². The van der Waals surface area contributed by atoms with E-state index in [4.69, 9.17) is 12.2 Å². The molecule has 0 radical (unpaired) electrons. The molecule has 15 heavy (non-hydrogen) atoms. The summed E-state index contributed by atoms with van der Waals surface area (Å²) in [6, 6.07) is 8.40. The number of hydrogen-bond donors (Lipinski definition) is 1. The maximum absolute atomic E-state index is 5.59. The molecule has 0 bridgehead atoms. The van der Waals surface area contributed by atoms with Crippen LogP contribution in [-0.4, -0.2) is 4.57 Å². The lowest BCUT2D eigenvalue weighted by atomic mass is 10.1. The third kappa shape index (κ3) is 1.88. The molecule has 0 saturated carbocycles. The Bertz CT molecular complexity index is 503. The fourth-order valence-corrected chi connectivity index (χ4v) is 1.76. The zero-order valence-corrected chi connectivity index (χ0v) is 8.61. The van der Waals surface area contributed by atoms with Gasteiger partial charge < -0.3 is 10.3 Å². The molecule has 0 spiro atoms. The van der Waals surface area contributed by atoms with E-state index in [9.17, 15) is 0 Å². The first-order valence-electron chi connectivity index (χ1n) is 5.06. The van der Waals surface area contributed by atoms with E-state index in [2.05, 4.69) is 40.9 Å². The molecule has 2 aromatic rings. The number of aromatic nitrogens is 1. The minimum Gasteiger partial charge on any atom is -0.347 e. The monoisotopic (exact) mass is 198 g/mol. The second-order valence-electron chi connectivity index (χ2n) is 3.56. The summed E-state index contributed by atoms with van der Waals surface area (Å²) >= 11 is 0. The van der Waals surface area contributed by atoms with Gasteiger partial charge in [0.15, 0.2) is 0 Å². The van der Waals surface area contributed by atoms with Gasteiger partial charge in [-0.15, -0.1) is 12.3 Å². The third-order valence-corrected chi connectivity index (χ3v) is 2.57. The molecule has 2 nitrogen and oxygen atoms in total. The van der Waals surface area contributed by atoms with Gasteiger partial charge in [-0.05, 0) is 29.1 Å². The van der Waals surface area contributed by atoms with Crippen LogP contribution in [0.1, 0.15) is 12.0 Å². The van der Waals surface area contributed by atoms with Gasteiger partial charge in [0.25, 0.3) is 0 Å². The Balaban J connectivity index is 2.39. The highest BCUT2D eigenvalue weighted by molar-refractivity contribution is 5.80. The van der Waals surface area contributed by atoms with Gasteiger partial charge in [0, 0.05) is 31.2 Å². The molecule has 0 aliphatic heterocycles. The summed E-state index contributed by atoms with van der Waals surface area (Å²) in [5.74, 6) is 2.65. The van der Waals surface area contributed by atoms with Crippen molar-refractivity contribution in [1.29, 1.82) is 0 Å². The van der Waals surface area contributed by atoms with E-state index in [1.165, 1.54) is 10.9 Å². The summed E-state index contributed by atoms with van der Waals surface area (Å²) in [7, 11) is 0. The van der Waals surface area contributed by atoms with Crippen molar-refractivity contribution >= 4 is 10.9 Å². The fraction of sp³-hybridized carbons (Fsp3) is 0.231. The van der Waals surface area contributed by atoms with Crippen LogP contribution in [0.15, 0.2) is 30.5 Å². The van der Waals surface area contributed by atoms with Crippen molar-refractivity contribution in [2.75, 3.05) is 0 Å². The van der Waals surface area contributed by atoms with Crippen LogP contribution >= 0.6 is 0 Å². The van der Waals surface area contributed by atoms with Crippen LogP contribution in [0.25, 0.3) is 10.9 Å². The van der Waals surface area contributed by atoms with E-state index in [-0.39, 0.29) is 0 Å². The molecule has 2 heteroatoms. The van der Waals surface area contributed by atoms with Crippen LogP contribution in [0, 0.1) is 12.3 Å². The van der Waals surface area contributed by atoms with Crippen LogP contribution in [0.5, 0.6) is 0 Å². The lowest BCUT2D eigenvalue weighted by molar-refractivity contribution is 0.749. The van der Waals surface area contributed by atoms with Crippen LogP contribution in [0.3, 0.4) is 0 Å².